The lowest BCUT2D eigenvalue weighted by molar-refractivity contribution is 0.188. The van der Waals surface area contributed by atoms with Crippen LogP contribution < -0.4 is 4.74 Å². The highest BCUT2D eigenvalue weighted by Gasteiger charge is 2.31. The third kappa shape index (κ3) is 6.69. The molecule has 2 saturated carbocycles. The van der Waals surface area contributed by atoms with Gasteiger partial charge in [-0.25, -0.2) is 0 Å². The number of unbranched alkanes of at least 4 members (excludes halogenated alkanes) is 1. The lowest BCUT2D eigenvalue weighted by Gasteiger charge is -2.34. The minimum absolute atomic E-state index is 0.272. The molecule has 3 rings (SSSR count). The summed E-state index contributed by atoms with van der Waals surface area (Å²) in [6.07, 6.45) is 16.0. The quantitative estimate of drug-likeness (QED) is 0.386. The largest absolute Gasteiger partial charge is 0.477 e. The molecule has 4 nitrogen and oxygen atoms in total. The predicted molar refractivity (Wildman–Crippen MR) is 121 cm³/mol. The van der Waals surface area contributed by atoms with Crippen LogP contribution in [0.2, 0.25) is 0 Å². The monoisotopic (exact) mass is 411 g/mol. The molecule has 166 valence electrons. The van der Waals surface area contributed by atoms with E-state index in [1.54, 1.807) is 0 Å². The fourth-order valence-electron chi connectivity index (χ4n) is 5.64. The summed E-state index contributed by atoms with van der Waals surface area (Å²) < 4.78 is 5.64. The van der Waals surface area contributed by atoms with Gasteiger partial charge in [-0.3, -0.25) is 0 Å². The molecule has 1 unspecified atom stereocenters. The zero-order chi connectivity index (χ0) is 21.2. The van der Waals surface area contributed by atoms with Gasteiger partial charge in [0.2, 0.25) is 5.88 Å². The van der Waals surface area contributed by atoms with Crippen molar-refractivity contribution in [2.75, 3.05) is 6.61 Å². The molecule has 1 heterocycles. The van der Waals surface area contributed by atoms with E-state index in [4.69, 9.17) is 4.74 Å². The zero-order valence-electron chi connectivity index (χ0n) is 19.2. The maximum absolute atomic E-state index is 9.83. The molecule has 0 saturated heterocycles. The molecule has 0 bridgehead atoms. The van der Waals surface area contributed by atoms with Crippen LogP contribution in [0.3, 0.4) is 0 Å². The van der Waals surface area contributed by atoms with Gasteiger partial charge in [0.25, 0.3) is 0 Å². The van der Waals surface area contributed by atoms with Crippen LogP contribution in [0.4, 0.5) is 0 Å². The van der Waals surface area contributed by atoms with Crippen LogP contribution in [0.5, 0.6) is 5.88 Å². The van der Waals surface area contributed by atoms with Crippen molar-refractivity contribution in [1.29, 1.82) is 5.26 Å². The minimum atomic E-state index is 0.272. The molecule has 0 N–H and O–H groups in total. The third-order valence-corrected chi connectivity index (χ3v) is 7.58. The van der Waals surface area contributed by atoms with Crippen molar-refractivity contribution in [3.63, 3.8) is 0 Å². The van der Waals surface area contributed by atoms with E-state index >= 15 is 0 Å². The van der Waals surface area contributed by atoms with Crippen LogP contribution in [0.1, 0.15) is 109 Å². The SMILES string of the molecule is CCCCOc1ccc([C@H]2CC[C@H](CC(C#N)[C@H]3CC[C@H](CCC)CC3)CC2)nn1. The van der Waals surface area contributed by atoms with Crippen molar-refractivity contribution in [2.24, 2.45) is 23.7 Å². The van der Waals surface area contributed by atoms with Gasteiger partial charge in [-0.2, -0.15) is 10.4 Å². The molecular weight excluding hydrogens is 370 g/mol. The standard InChI is InChI=1S/C26H41N3O/c1-3-5-17-30-26-16-15-25(28-29-26)23-13-9-21(10-14-23)18-24(19-27)22-11-7-20(6-4-2)8-12-22/h15-16,20-24H,3-14,17-18H2,1-2H3/t20-,21-,22-,23-,24?. The van der Waals surface area contributed by atoms with Crippen molar-refractivity contribution in [1.82, 2.24) is 10.2 Å². The summed E-state index contributed by atoms with van der Waals surface area (Å²) in [5, 5.41) is 18.6. The second kappa shape index (κ2) is 12.3. The molecular formula is C26H41N3O. The van der Waals surface area contributed by atoms with Gasteiger partial charge < -0.3 is 4.74 Å². The summed E-state index contributed by atoms with van der Waals surface area (Å²) in [6.45, 7) is 5.17. The number of hydrogen-bond acceptors (Lipinski definition) is 4. The lowest BCUT2D eigenvalue weighted by Crippen LogP contribution is -2.24. The molecule has 4 heteroatoms. The Morgan fingerprint density at radius 3 is 2.30 bits per heavy atom. The molecule has 2 aliphatic carbocycles. The Bertz CT molecular complexity index is 637. The molecule has 30 heavy (non-hydrogen) atoms. The van der Waals surface area contributed by atoms with Crippen molar-refractivity contribution >= 4 is 0 Å². The number of rotatable bonds is 10. The van der Waals surface area contributed by atoms with Crippen molar-refractivity contribution in [2.45, 2.75) is 103 Å². The Labute approximate surface area is 183 Å². The molecule has 0 aliphatic heterocycles. The molecule has 0 spiro atoms. The fraction of sp³-hybridized carbons (Fsp3) is 0.808. The normalized spacial score (nSPS) is 27.9. The maximum atomic E-state index is 9.83. The highest BCUT2D eigenvalue weighted by molar-refractivity contribution is 5.15. The lowest BCUT2D eigenvalue weighted by atomic mass is 9.70. The minimum Gasteiger partial charge on any atom is -0.477 e. The number of hydrogen-bond donors (Lipinski definition) is 0. The summed E-state index contributed by atoms with van der Waals surface area (Å²) in [6, 6.07) is 6.78. The van der Waals surface area contributed by atoms with Gasteiger partial charge in [0.1, 0.15) is 0 Å². The van der Waals surface area contributed by atoms with Gasteiger partial charge in [-0.15, -0.1) is 5.10 Å². The van der Waals surface area contributed by atoms with E-state index in [0.29, 0.717) is 23.6 Å². The molecule has 2 aliphatic rings. The van der Waals surface area contributed by atoms with Gasteiger partial charge in [0.15, 0.2) is 0 Å². The van der Waals surface area contributed by atoms with E-state index in [9.17, 15) is 5.26 Å². The number of ether oxygens (including phenoxy) is 1. The first kappa shape index (κ1) is 23.0. The van der Waals surface area contributed by atoms with Crippen molar-refractivity contribution < 1.29 is 4.74 Å². The summed E-state index contributed by atoms with van der Waals surface area (Å²) in [5.41, 5.74) is 1.11. The Morgan fingerprint density at radius 1 is 0.967 bits per heavy atom. The number of aromatic nitrogens is 2. The second-order valence-corrected chi connectivity index (χ2v) is 9.76. The Hall–Kier alpha value is -1.63. The third-order valence-electron chi connectivity index (χ3n) is 7.58. The summed E-state index contributed by atoms with van der Waals surface area (Å²) in [4.78, 5) is 0. The second-order valence-electron chi connectivity index (χ2n) is 9.76. The van der Waals surface area contributed by atoms with E-state index in [-0.39, 0.29) is 5.92 Å². The van der Waals surface area contributed by atoms with Crippen molar-refractivity contribution in [3.8, 4) is 11.9 Å². The first-order valence-corrected chi connectivity index (χ1v) is 12.6. The van der Waals surface area contributed by atoms with E-state index in [0.717, 1.165) is 37.5 Å². The average Bonchev–Trinajstić information content (AvgIpc) is 2.79. The molecule has 0 aromatic carbocycles. The average molecular weight is 412 g/mol. The first-order chi connectivity index (χ1) is 14.7. The summed E-state index contributed by atoms with van der Waals surface area (Å²) >= 11 is 0. The summed E-state index contributed by atoms with van der Waals surface area (Å²) in [7, 11) is 0. The van der Waals surface area contributed by atoms with Crippen LogP contribution in [0.15, 0.2) is 12.1 Å². The molecule has 1 aromatic heterocycles. The van der Waals surface area contributed by atoms with Gasteiger partial charge in [0, 0.05) is 17.9 Å². The van der Waals surface area contributed by atoms with E-state index < -0.39 is 0 Å². The Balaban J connectivity index is 1.42. The van der Waals surface area contributed by atoms with Gasteiger partial charge in [-0.1, -0.05) is 46.0 Å². The van der Waals surface area contributed by atoms with Crippen LogP contribution >= 0.6 is 0 Å². The smallest absolute Gasteiger partial charge is 0.233 e. The molecule has 0 radical (unpaired) electrons. The molecule has 2 fully saturated rings. The fourth-order valence-corrected chi connectivity index (χ4v) is 5.64. The zero-order valence-corrected chi connectivity index (χ0v) is 19.2. The van der Waals surface area contributed by atoms with Gasteiger partial charge in [-0.05, 0) is 75.2 Å². The molecule has 1 atom stereocenters. The van der Waals surface area contributed by atoms with Crippen LogP contribution in [0, 0.1) is 35.0 Å². The summed E-state index contributed by atoms with van der Waals surface area (Å²) in [5.74, 6) is 3.71. The predicted octanol–water partition coefficient (Wildman–Crippen LogP) is 7.07. The topological polar surface area (TPSA) is 58.8 Å². The first-order valence-electron chi connectivity index (χ1n) is 12.6. The van der Waals surface area contributed by atoms with Crippen LogP contribution in [-0.4, -0.2) is 16.8 Å². The van der Waals surface area contributed by atoms with Gasteiger partial charge >= 0.3 is 0 Å². The van der Waals surface area contributed by atoms with Crippen LogP contribution in [-0.2, 0) is 0 Å². The molecule has 0 amide bonds. The highest BCUT2D eigenvalue weighted by atomic mass is 16.5. The van der Waals surface area contributed by atoms with Crippen LogP contribution in [0.25, 0.3) is 0 Å². The van der Waals surface area contributed by atoms with E-state index in [1.807, 2.05) is 6.07 Å². The maximum Gasteiger partial charge on any atom is 0.233 e. The number of nitrogens with zero attached hydrogens (tertiary/aromatic N) is 3. The Kier molecular flexibility index (Phi) is 9.43. The van der Waals surface area contributed by atoms with E-state index in [2.05, 4.69) is 36.2 Å². The molecule has 1 aromatic rings. The number of nitriles is 1. The Morgan fingerprint density at radius 2 is 1.70 bits per heavy atom. The van der Waals surface area contributed by atoms with E-state index in [1.165, 1.54) is 64.2 Å². The van der Waals surface area contributed by atoms with Gasteiger partial charge in [0.05, 0.1) is 18.4 Å². The highest BCUT2D eigenvalue weighted by Crippen LogP contribution is 2.42. The van der Waals surface area contributed by atoms with Crippen molar-refractivity contribution in [3.05, 3.63) is 17.8 Å².